The summed E-state index contributed by atoms with van der Waals surface area (Å²) in [5, 5.41) is 5.84. The van der Waals surface area contributed by atoms with Crippen molar-refractivity contribution in [3.8, 4) is 0 Å². The van der Waals surface area contributed by atoms with Crippen molar-refractivity contribution in [2.75, 3.05) is 13.6 Å². The number of hydrogen-bond donors (Lipinski definition) is 2. The number of rotatable bonds is 4. The first-order valence-electron chi connectivity index (χ1n) is 6.68. The Labute approximate surface area is 130 Å². The highest BCUT2D eigenvalue weighted by Crippen LogP contribution is 2.40. The van der Waals surface area contributed by atoms with Crippen LogP contribution in [0, 0.1) is 0 Å². The minimum Gasteiger partial charge on any atom is -0.356 e. The third-order valence-corrected chi connectivity index (χ3v) is 3.86. The maximum atomic E-state index is 12.1. The molecular weight excluding hydrogens is 347 g/mol. The minimum atomic E-state index is -4.15. The average Bonchev–Trinajstić information content (AvgIpc) is 3.16. The van der Waals surface area contributed by atoms with Crippen molar-refractivity contribution in [1.82, 2.24) is 10.6 Å². The highest BCUT2D eigenvalue weighted by Gasteiger charge is 2.39. The Hall–Kier alpha value is -1.24. The van der Waals surface area contributed by atoms with Gasteiger partial charge in [-0.05, 0) is 24.1 Å². The van der Waals surface area contributed by atoms with E-state index in [1.54, 1.807) is 7.05 Å². The SMILES string of the molecule is CN=C(NCCC(F)(F)F)NC1CC1c1ccc(Br)cc1. The van der Waals surface area contributed by atoms with Gasteiger partial charge < -0.3 is 10.6 Å². The second-order valence-electron chi connectivity index (χ2n) is 5.01. The number of nitrogens with zero attached hydrogens (tertiary/aromatic N) is 1. The molecule has 0 saturated heterocycles. The zero-order valence-corrected chi connectivity index (χ0v) is 13.1. The fourth-order valence-corrected chi connectivity index (χ4v) is 2.39. The van der Waals surface area contributed by atoms with E-state index < -0.39 is 12.6 Å². The normalized spacial score (nSPS) is 22.0. The molecule has 1 aliphatic rings. The van der Waals surface area contributed by atoms with Crippen LogP contribution < -0.4 is 10.6 Å². The average molecular weight is 364 g/mol. The van der Waals surface area contributed by atoms with E-state index in [1.165, 1.54) is 5.56 Å². The van der Waals surface area contributed by atoms with E-state index in [9.17, 15) is 13.2 Å². The van der Waals surface area contributed by atoms with Gasteiger partial charge in [0.25, 0.3) is 0 Å². The van der Waals surface area contributed by atoms with Crippen molar-refractivity contribution in [2.45, 2.75) is 31.0 Å². The van der Waals surface area contributed by atoms with Crippen molar-refractivity contribution in [2.24, 2.45) is 4.99 Å². The Kier molecular flexibility index (Phi) is 5.13. The van der Waals surface area contributed by atoms with Gasteiger partial charge in [0.05, 0.1) is 6.42 Å². The number of aliphatic imine (C=N–C) groups is 1. The molecule has 0 bridgehead atoms. The van der Waals surface area contributed by atoms with Crippen LogP contribution in [0.1, 0.15) is 24.3 Å². The summed E-state index contributed by atoms with van der Waals surface area (Å²) in [7, 11) is 1.56. The van der Waals surface area contributed by atoms with Gasteiger partial charge in [-0.25, -0.2) is 0 Å². The predicted molar refractivity (Wildman–Crippen MR) is 80.5 cm³/mol. The first kappa shape index (κ1) is 16.1. The van der Waals surface area contributed by atoms with Gasteiger partial charge in [0.1, 0.15) is 0 Å². The molecule has 7 heteroatoms. The zero-order valence-electron chi connectivity index (χ0n) is 11.5. The zero-order chi connectivity index (χ0) is 15.5. The lowest BCUT2D eigenvalue weighted by atomic mass is 10.1. The van der Waals surface area contributed by atoms with Gasteiger partial charge in [-0.3, -0.25) is 4.99 Å². The van der Waals surface area contributed by atoms with Gasteiger partial charge in [0, 0.05) is 30.0 Å². The van der Waals surface area contributed by atoms with Crippen molar-refractivity contribution in [3.63, 3.8) is 0 Å². The van der Waals surface area contributed by atoms with Crippen molar-refractivity contribution < 1.29 is 13.2 Å². The van der Waals surface area contributed by atoms with Gasteiger partial charge >= 0.3 is 6.18 Å². The third-order valence-electron chi connectivity index (χ3n) is 3.34. The lowest BCUT2D eigenvalue weighted by Crippen LogP contribution is -2.40. The summed E-state index contributed by atoms with van der Waals surface area (Å²) in [6.07, 6.45) is -4.05. The molecule has 21 heavy (non-hydrogen) atoms. The summed E-state index contributed by atoms with van der Waals surface area (Å²) in [6, 6.07) is 8.30. The number of guanidine groups is 1. The van der Waals surface area contributed by atoms with E-state index in [2.05, 4.69) is 43.7 Å². The highest BCUT2D eigenvalue weighted by molar-refractivity contribution is 9.10. The molecule has 1 fully saturated rings. The monoisotopic (exact) mass is 363 g/mol. The Morgan fingerprint density at radius 2 is 2.00 bits per heavy atom. The minimum absolute atomic E-state index is 0.168. The maximum absolute atomic E-state index is 12.1. The molecule has 1 aromatic carbocycles. The number of benzene rings is 1. The summed E-state index contributed by atoms with van der Waals surface area (Å²) in [5.74, 6) is 0.808. The lowest BCUT2D eigenvalue weighted by molar-refractivity contribution is -0.132. The number of hydrogen-bond acceptors (Lipinski definition) is 1. The summed E-state index contributed by atoms with van der Waals surface area (Å²) in [4.78, 5) is 3.95. The van der Waals surface area contributed by atoms with Crippen LogP contribution in [0.2, 0.25) is 0 Å². The molecule has 0 amide bonds. The fraction of sp³-hybridized carbons (Fsp3) is 0.500. The van der Waals surface area contributed by atoms with Gasteiger partial charge in [-0.1, -0.05) is 28.1 Å². The van der Waals surface area contributed by atoms with E-state index >= 15 is 0 Å². The molecule has 0 heterocycles. The van der Waals surface area contributed by atoms with Crippen LogP contribution in [0.4, 0.5) is 13.2 Å². The molecular formula is C14H17BrF3N3. The molecule has 1 saturated carbocycles. The largest absolute Gasteiger partial charge is 0.390 e. The molecule has 0 radical (unpaired) electrons. The van der Waals surface area contributed by atoms with Gasteiger partial charge in [-0.2, -0.15) is 13.2 Å². The third kappa shape index (κ3) is 5.22. The highest BCUT2D eigenvalue weighted by atomic mass is 79.9. The lowest BCUT2D eigenvalue weighted by Gasteiger charge is -2.13. The summed E-state index contributed by atoms with van der Waals surface area (Å²) < 4.78 is 37.3. The second-order valence-corrected chi connectivity index (χ2v) is 5.92. The molecule has 1 aromatic rings. The van der Waals surface area contributed by atoms with E-state index in [-0.39, 0.29) is 12.6 Å². The molecule has 1 aliphatic carbocycles. The van der Waals surface area contributed by atoms with Crippen LogP contribution in [0.3, 0.4) is 0 Å². The molecule has 3 nitrogen and oxygen atoms in total. The van der Waals surface area contributed by atoms with Crippen LogP contribution in [-0.4, -0.2) is 31.8 Å². The number of nitrogens with one attached hydrogen (secondary N) is 2. The summed E-state index contributed by atoms with van der Waals surface area (Å²) in [5.41, 5.74) is 1.22. The summed E-state index contributed by atoms with van der Waals surface area (Å²) >= 11 is 3.39. The molecule has 0 spiro atoms. The fourth-order valence-electron chi connectivity index (χ4n) is 2.13. The van der Waals surface area contributed by atoms with Crippen molar-refractivity contribution in [1.29, 1.82) is 0 Å². The Balaban J connectivity index is 1.78. The first-order valence-corrected chi connectivity index (χ1v) is 7.48. The quantitative estimate of drug-likeness (QED) is 0.635. The van der Waals surface area contributed by atoms with Crippen LogP contribution in [0.25, 0.3) is 0 Å². The van der Waals surface area contributed by atoms with E-state index in [4.69, 9.17) is 0 Å². The van der Waals surface area contributed by atoms with Gasteiger partial charge in [0.2, 0.25) is 0 Å². The van der Waals surface area contributed by atoms with Gasteiger partial charge in [-0.15, -0.1) is 0 Å². The Morgan fingerprint density at radius 1 is 1.33 bits per heavy atom. The van der Waals surface area contributed by atoms with Crippen molar-refractivity contribution >= 4 is 21.9 Å². The van der Waals surface area contributed by atoms with E-state index in [0.29, 0.717) is 11.9 Å². The molecule has 2 atom stereocenters. The summed E-state index contributed by atoms with van der Waals surface area (Å²) in [6.45, 7) is -0.168. The van der Waals surface area contributed by atoms with Crippen LogP contribution in [0.15, 0.2) is 33.7 Å². The second kappa shape index (κ2) is 6.68. The molecule has 0 aromatic heterocycles. The van der Waals surface area contributed by atoms with E-state index in [1.807, 2.05) is 12.1 Å². The number of alkyl halides is 3. The molecule has 116 valence electrons. The first-order chi connectivity index (χ1) is 9.89. The van der Waals surface area contributed by atoms with Crippen LogP contribution in [0.5, 0.6) is 0 Å². The molecule has 2 N–H and O–H groups in total. The van der Waals surface area contributed by atoms with Crippen molar-refractivity contribution in [3.05, 3.63) is 34.3 Å². The Bertz CT molecular complexity index is 499. The van der Waals surface area contributed by atoms with E-state index in [0.717, 1.165) is 10.9 Å². The molecule has 2 unspecified atom stereocenters. The standard InChI is InChI=1S/C14H17BrF3N3/c1-19-13(20-7-6-14(16,17)18)21-12-8-11(12)9-2-4-10(15)5-3-9/h2-5,11-12H,6-8H2,1H3,(H2,19,20,21). The number of halogens is 4. The Morgan fingerprint density at radius 3 is 2.57 bits per heavy atom. The molecule has 2 rings (SSSR count). The molecule has 0 aliphatic heterocycles. The predicted octanol–water partition coefficient (Wildman–Crippen LogP) is 3.42. The van der Waals surface area contributed by atoms with Crippen LogP contribution >= 0.6 is 15.9 Å². The smallest absolute Gasteiger partial charge is 0.356 e. The van der Waals surface area contributed by atoms with Crippen LogP contribution in [-0.2, 0) is 0 Å². The topological polar surface area (TPSA) is 36.4 Å². The maximum Gasteiger partial charge on any atom is 0.390 e. The van der Waals surface area contributed by atoms with Gasteiger partial charge in [0.15, 0.2) is 5.96 Å².